The van der Waals surface area contributed by atoms with E-state index in [0.29, 0.717) is 11.1 Å². The Kier molecular flexibility index (Phi) is 10.6. The Morgan fingerprint density at radius 1 is 0.743 bits per heavy atom. The lowest BCUT2D eigenvalue weighted by atomic mass is 10.1. The summed E-state index contributed by atoms with van der Waals surface area (Å²) in [5, 5.41) is 9.68. The number of hydrogen-bond donors (Lipinski definition) is 1. The zero-order valence-electron chi connectivity index (χ0n) is 22.7. The Bertz CT molecular complexity index is 838. The average molecular weight is 497 g/mol. The van der Waals surface area contributed by atoms with E-state index in [1.807, 2.05) is 6.07 Å². The molecule has 0 unspecified atom stereocenters. The third-order valence-electron chi connectivity index (χ3n) is 7.86. The number of piperidine rings is 2. The minimum absolute atomic E-state index is 0.0676. The van der Waals surface area contributed by atoms with Crippen LogP contribution in [0.2, 0.25) is 18.1 Å². The van der Waals surface area contributed by atoms with Crippen LogP contribution >= 0.6 is 0 Å². The summed E-state index contributed by atoms with van der Waals surface area (Å²) in [5.41, 5.74) is 2.78. The van der Waals surface area contributed by atoms with Crippen molar-refractivity contribution in [1.29, 1.82) is 0 Å². The molecule has 194 valence electrons. The Morgan fingerprint density at radius 3 is 1.54 bits per heavy atom. The lowest BCUT2D eigenvalue weighted by Gasteiger charge is -2.42. The number of hydrogen-bond acceptors (Lipinski definition) is 4. The van der Waals surface area contributed by atoms with Crippen molar-refractivity contribution in [3.8, 4) is 0 Å². The second kappa shape index (κ2) is 13.2. The van der Waals surface area contributed by atoms with Gasteiger partial charge in [-0.05, 0) is 54.9 Å². The van der Waals surface area contributed by atoms with Crippen LogP contribution in [-0.2, 0) is 17.5 Å². The summed E-state index contributed by atoms with van der Waals surface area (Å²) < 4.78 is 6.55. The van der Waals surface area contributed by atoms with E-state index in [1.165, 1.54) is 24.0 Å². The van der Waals surface area contributed by atoms with Crippen molar-refractivity contribution in [3.63, 3.8) is 0 Å². The molecule has 2 aliphatic heterocycles. The molecule has 1 N–H and O–H groups in total. The second-order valence-electron chi connectivity index (χ2n) is 11.8. The molecule has 0 spiro atoms. The molecule has 4 rings (SSSR count). The van der Waals surface area contributed by atoms with Gasteiger partial charge < -0.3 is 9.53 Å². The smallest absolute Gasteiger partial charge is 0.192 e. The van der Waals surface area contributed by atoms with E-state index in [-0.39, 0.29) is 6.10 Å². The quantitative estimate of drug-likeness (QED) is 0.475. The van der Waals surface area contributed by atoms with E-state index in [4.69, 9.17) is 4.43 Å². The summed E-state index contributed by atoms with van der Waals surface area (Å²) in [5.74, 6) is 0. The van der Waals surface area contributed by atoms with Gasteiger partial charge in [-0.2, -0.15) is 0 Å². The Hall–Kier alpha value is -1.50. The van der Waals surface area contributed by atoms with Gasteiger partial charge in [0.1, 0.15) is 0 Å². The first-order chi connectivity index (χ1) is 16.6. The summed E-state index contributed by atoms with van der Waals surface area (Å²) in [4.78, 5) is 4.96. The molecule has 0 aliphatic carbocycles. The number of rotatable bonds is 6. The fourth-order valence-corrected chi connectivity index (χ4v) is 5.96. The molecule has 2 aliphatic rings. The fraction of sp³-hybridized carbons (Fsp3) is 0.600. The average Bonchev–Trinajstić information content (AvgIpc) is 2.83. The zero-order valence-corrected chi connectivity index (χ0v) is 23.7. The molecular formula is C30H48N2O2Si. The SMILES string of the molecule is CC(C)(C)[Si](C)(C)OC1CCN(Cc2ccccc2)CC1.OC1CCN(Cc2ccccc2)CC1. The topological polar surface area (TPSA) is 35.9 Å². The van der Waals surface area contributed by atoms with E-state index in [2.05, 4.69) is 98.3 Å². The molecule has 2 saturated heterocycles. The minimum atomic E-state index is -1.61. The summed E-state index contributed by atoms with van der Waals surface area (Å²) in [6, 6.07) is 21.3. The van der Waals surface area contributed by atoms with Crippen LogP contribution in [0.15, 0.2) is 60.7 Å². The van der Waals surface area contributed by atoms with E-state index in [0.717, 1.165) is 52.1 Å². The van der Waals surface area contributed by atoms with E-state index < -0.39 is 8.32 Å². The van der Waals surface area contributed by atoms with Crippen LogP contribution in [0, 0.1) is 0 Å². The van der Waals surface area contributed by atoms with Crippen molar-refractivity contribution in [3.05, 3.63) is 71.8 Å². The highest BCUT2D eigenvalue weighted by Gasteiger charge is 2.39. The highest BCUT2D eigenvalue weighted by Crippen LogP contribution is 2.38. The van der Waals surface area contributed by atoms with Crippen molar-refractivity contribution in [1.82, 2.24) is 9.80 Å². The molecule has 4 nitrogen and oxygen atoms in total. The largest absolute Gasteiger partial charge is 0.414 e. The zero-order chi connectivity index (χ0) is 25.3. The molecule has 2 aromatic carbocycles. The number of aliphatic hydroxyl groups excluding tert-OH is 1. The van der Waals surface area contributed by atoms with Crippen LogP contribution < -0.4 is 0 Å². The summed E-state index contributed by atoms with van der Waals surface area (Å²) >= 11 is 0. The minimum Gasteiger partial charge on any atom is -0.414 e. The van der Waals surface area contributed by atoms with Crippen LogP contribution in [0.5, 0.6) is 0 Å². The summed E-state index contributed by atoms with van der Waals surface area (Å²) in [7, 11) is -1.61. The lowest BCUT2D eigenvalue weighted by molar-refractivity contribution is 0.0792. The molecule has 2 aromatic rings. The number of aliphatic hydroxyl groups is 1. The first-order valence-electron chi connectivity index (χ1n) is 13.5. The lowest BCUT2D eigenvalue weighted by Crippen LogP contribution is -2.47. The monoisotopic (exact) mass is 496 g/mol. The Balaban J connectivity index is 0.000000211. The second-order valence-corrected chi connectivity index (χ2v) is 16.6. The molecule has 0 aromatic heterocycles. The number of nitrogens with zero attached hydrogens (tertiary/aromatic N) is 2. The van der Waals surface area contributed by atoms with Crippen molar-refractivity contribution < 1.29 is 9.53 Å². The third-order valence-corrected chi connectivity index (χ3v) is 12.4. The number of likely N-dealkylation sites (tertiary alicyclic amines) is 2. The van der Waals surface area contributed by atoms with E-state index in [1.54, 1.807) is 0 Å². The van der Waals surface area contributed by atoms with Gasteiger partial charge in [0.05, 0.1) is 6.10 Å². The van der Waals surface area contributed by atoms with Gasteiger partial charge in [0, 0.05) is 45.4 Å². The van der Waals surface area contributed by atoms with Crippen molar-refractivity contribution in [2.24, 2.45) is 0 Å². The van der Waals surface area contributed by atoms with Crippen LogP contribution in [-0.4, -0.2) is 61.6 Å². The molecule has 0 atom stereocenters. The molecule has 5 heteroatoms. The van der Waals surface area contributed by atoms with Crippen molar-refractivity contribution in [2.75, 3.05) is 26.2 Å². The fourth-order valence-electron chi connectivity index (χ4n) is 4.54. The third kappa shape index (κ3) is 9.47. The van der Waals surface area contributed by atoms with Crippen LogP contribution in [0.25, 0.3) is 0 Å². The van der Waals surface area contributed by atoms with Gasteiger partial charge >= 0.3 is 0 Å². The standard InChI is InChI=1S/C18H31NOSi.C12H17NO/c1-18(2,3)21(4,5)20-17-11-13-19(14-12-17)15-16-9-7-6-8-10-16;14-12-6-8-13(9-7-12)10-11-4-2-1-3-5-11/h6-10,17H,11-15H2,1-5H3;1-5,12,14H,6-10H2. The van der Waals surface area contributed by atoms with Gasteiger partial charge in [-0.1, -0.05) is 81.4 Å². The first kappa shape index (κ1) is 28.1. The van der Waals surface area contributed by atoms with Gasteiger partial charge in [-0.3, -0.25) is 9.80 Å². The van der Waals surface area contributed by atoms with Crippen LogP contribution in [0.4, 0.5) is 0 Å². The molecule has 0 saturated carbocycles. The van der Waals surface area contributed by atoms with Gasteiger partial charge in [-0.25, -0.2) is 0 Å². The van der Waals surface area contributed by atoms with Crippen molar-refractivity contribution >= 4 is 8.32 Å². The van der Waals surface area contributed by atoms with Gasteiger partial charge in [0.2, 0.25) is 0 Å². The first-order valence-corrected chi connectivity index (χ1v) is 16.4. The molecule has 0 amide bonds. The Morgan fingerprint density at radius 2 is 1.14 bits per heavy atom. The van der Waals surface area contributed by atoms with E-state index in [9.17, 15) is 5.11 Å². The van der Waals surface area contributed by atoms with E-state index >= 15 is 0 Å². The molecule has 2 fully saturated rings. The maximum atomic E-state index is 9.37. The summed E-state index contributed by atoms with van der Waals surface area (Å²) in [6.07, 6.45) is 4.61. The Labute approximate surface area is 215 Å². The maximum absolute atomic E-state index is 9.37. The molecular weight excluding hydrogens is 448 g/mol. The highest BCUT2D eigenvalue weighted by atomic mass is 28.4. The molecule has 0 bridgehead atoms. The van der Waals surface area contributed by atoms with Gasteiger partial charge in [0.15, 0.2) is 8.32 Å². The highest BCUT2D eigenvalue weighted by molar-refractivity contribution is 6.74. The number of benzene rings is 2. The predicted octanol–water partition coefficient (Wildman–Crippen LogP) is 6.32. The van der Waals surface area contributed by atoms with Crippen LogP contribution in [0.3, 0.4) is 0 Å². The summed E-state index contributed by atoms with van der Waals surface area (Å²) in [6.45, 7) is 18.2. The molecule has 2 heterocycles. The van der Waals surface area contributed by atoms with Crippen molar-refractivity contribution in [2.45, 2.75) is 89.9 Å². The van der Waals surface area contributed by atoms with Gasteiger partial charge in [0.25, 0.3) is 0 Å². The molecule has 0 radical (unpaired) electrons. The molecule has 35 heavy (non-hydrogen) atoms. The maximum Gasteiger partial charge on any atom is 0.192 e. The predicted molar refractivity (Wildman–Crippen MR) is 150 cm³/mol. The van der Waals surface area contributed by atoms with Gasteiger partial charge in [-0.15, -0.1) is 0 Å². The van der Waals surface area contributed by atoms with Crippen LogP contribution in [0.1, 0.15) is 57.6 Å². The normalized spacial score (nSPS) is 19.3.